The highest BCUT2D eigenvalue weighted by molar-refractivity contribution is 8.18. The van der Waals surface area contributed by atoms with E-state index in [1.165, 1.54) is 19.1 Å². The van der Waals surface area contributed by atoms with Crippen molar-refractivity contribution in [2.45, 2.75) is 6.42 Å². The first-order valence-corrected chi connectivity index (χ1v) is 8.41. The first-order chi connectivity index (χ1) is 12.0. The molecule has 1 aliphatic heterocycles. The largest absolute Gasteiger partial charge is 0.496 e. The molecule has 1 saturated heterocycles. The Morgan fingerprint density at radius 1 is 1.04 bits per heavy atom. The maximum atomic E-state index is 12.5. The number of amides is 2. The Balaban J connectivity index is 2.34. The summed E-state index contributed by atoms with van der Waals surface area (Å²) >= 11 is 0.898. The Labute approximate surface area is 150 Å². The molecule has 7 nitrogen and oxygen atoms in total. The third-order valence-electron chi connectivity index (χ3n) is 3.63. The lowest BCUT2D eigenvalue weighted by Gasteiger charge is -2.13. The standard InChI is InChI=1S/C17H21NO6S/c1-21-7-5-6-18-16(19)15(25-17(18)20)10-12-13(23-3)8-11(22-2)9-14(12)24-4/h8-10H,5-7H2,1-4H3/b15-10+. The molecule has 1 fully saturated rings. The van der Waals surface area contributed by atoms with Gasteiger partial charge < -0.3 is 18.9 Å². The van der Waals surface area contributed by atoms with Crippen LogP contribution < -0.4 is 14.2 Å². The van der Waals surface area contributed by atoms with E-state index < -0.39 is 0 Å². The predicted octanol–water partition coefficient (Wildman–Crippen LogP) is 2.79. The molecule has 0 spiro atoms. The zero-order valence-electron chi connectivity index (χ0n) is 14.7. The highest BCUT2D eigenvalue weighted by Crippen LogP contribution is 2.39. The highest BCUT2D eigenvalue weighted by atomic mass is 32.2. The normalized spacial score (nSPS) is 15.8. The van der Waals surface area contributed by atoms with Crippen LogP contribution in [0.5, 0.6) is 17.2 Å². The molecule has 1 aliphatic rings. The van der Waals surface area contributed by atoms with Crippen LogP contribution in [0.1, 0.15) is 12.0 Å². The second-order valence-electron chi connectivity index (χ2n) is 5.13. The van der Waals surface area contributed by atoms with E-state index >= 15 is 0 Å². The smallest absolute Gasteiger partial charge is 0.293 e. The van der Waals surface area contributed by atoms with Gasteiger partial charge in [0.05, 0.1) is 31.8 Å². The van der Waals surface area contributed by atoms with Crippen molar-refractivity contribution >= 4 is 29.0 Å². The molecule has 0 unspecified atom stereocenters. The first kappa shape index (κ1) is 19.1. The molecule has 0 aliphatic carbocycles. The number of nitrogens with zero attached hydrogens (tertiary/aromatic N) is 1. The number of ether oxygens (including phenoxy) is 4. The lowest BCUT2D eigenvalue weighted by Crippen LogP contribution is -2.29. The van der Waals surface area contributed by atoms with Gasteiger partial charge in [0.25, 0.3) is 11.1 Å². The lowest BCUT2D eigenvalue weighted by atomic mass is 10.1. The molecule has 2 rings (SSSR count). The fraction of sp³-hybridized carbons (Fsp3) is 0.412. The Kier molecular flexibility index (Phi) is 6.72. The average molecular weight is 367 g/mol. The summed E-state index contributed by atoms with van der Waals surface area (Å²) in [5, 5.41) is -0.293. The van der Waals surface area contributed by atoms with Crippen molar-refractivity contribution in [2.75, 3.05) is 41.6 Å². The Morgan fingerprint density at radius 2 is 1.68 bits per heavy atom. The van der Waals surface area contributed by atoms with Crippen LogP contribution in [-0.2, 0) is 9.53 Å². The molecule has 0 atom stereocenters. The van der Waals surface area contributed by atoms with Crippen LogP contribution >= 0.6 is 11.8 Å². The van der Waals surface area contributed by atoms with Crippen LogP contribution in [0, 0.1) is 0 Å². The number of thioether (sulfide) groups is 1. The quantitative estimate of drug-likeness (QED) is 0.517. The highest BCUT2D eigenvalue weighted by Gasteiger charge is 2.35. The maximum Gasteiger partial charge on any atom is 0.293 e. The summed E-state index contributed by atoms with van der Waals surface area (Å²) in [6, 6.07) is 3.38. The summed E-state index contributed by atoms with van der Waals surface area (Å²) < 4.78 is 20.9. The van der Waals surface area contributed by atoms with Gasteiger partial charge >= 0.3 is 0 Å². The van der Waals surface area contributed by atoms with E-state index in [0.717, 1.165) is 11.8 Å². The Bertz CT molecular complexity index is 663. The van der Waals surface area contributed by atoms with Crippen LogP contribution in [-0.4, -0.2) is 57.6 Å². The summed E-state index contributed by atoms with van der Waals surface area (Å²) in [5.74, 6) is 1.22. The Hall–Kier alpha value is -2.19. The van der Waals surface area contributed by atoms with Crippen molar-refractivity contribution in [3.63, 3.8) is 0 Å². The van der Waals surface area contributed by atoms with E-state index in [-0.39, 0.29) is 11.1 Å². The maximum absolute atomic E-state index is 12.5. The van der Waals surface area contributed by atoms with Crippen LogP contribution in [0.15, 0.2) is 17.0 Å². The molecule has 0 aromatic heterocycles. The van der Waals surface area contributed by atoms with Gasteiger partial charge in [-0.25, -0.2) is 0 Å². The third kappa shape index (κ3) is 4.26. The van der Waals surface area contributed by atoms with E-state index in [1.807, 2.05) is 0 Å². The zero-order chi connectivity index (χ0) is 18.4. The van der Waals surface area contributed by atoms with Crippen molar-refractivity contribution in [3.8, 4) is 17.2 Å². The van der Waals surface area contributed by atoms with Crippen molar-refractivity contribution in [2.24, 2.45) is 0 Å². The van der Waals surface area contributed by atoms with Gasteiger partial charge in [-0.1, -0.05) is 0 Å². The van der Waals surface area contributed by atoms with Gasteiger partial charge in [-0.15, -0.1) is 0 Å². The van der Waals surface area contributed by atoms with Gasteiger partial charge in [0, 0.05) is 32.4 Å². The van der Waals surface area contributed by atoms with Crippen LogP contribution in [0.4, 0.5) is 4.79 Å². The van der Waals surface area contributed by atoms with E-state index in [2.05, 4.69) is 0 Å². The summed E-state index contributed by atoms with van der Waals surface area (Å²) in [7, 11) is 6.15. The van der Waals surface area contributed by atoms with Gasteiger partial charge in [-0.05, 0) is 24.3 Å². The third-order valence-corrected chi connectivity index (χ3v) is 4.54. The van der Waals surface area contributed by atoms with Gasteiger partial charge in [0.2, 0.25) is 0 Å². The van der Waals surface area contributed by atoms with Crippen molar-refractivity contribution in [1.29, 1.82) is 0 Å². The van der Waals surface area contributed by atoms with E-state index in [4.69, 9.17) is 18.9 Å². The van der Waals surface area contributed by atoms with E-state index in [1.54, 1.807) is 32.4 Å². The fourth-order valence-electron chi connectivity index (χ4n) is 2.37. The molecule has 0 N–H and O–H groups in total. The number of carbonyl (C=O) groups excluding carboxylic acids is 2. The molecule has 1 heterocycles. The summed E-state index contributed by atoms with van der Waals surface area (Å²) in [6.07, 6.45) is 2.20. The molecule has 1 aromatic rings. The van der Waals surface area contributed by atoms with Gasteiger partial charge in [-0.3, -0.25) is 14.5 Å². The molecule has 0 radical (unpaired) electrons. The minimum Gasteiger partial charge on any atom is -0.496 e. The number of hydrogen-bond donors (Lipinski definition) is 0. The SMILES string of the molecule is COCCCN1C(=O)S/C(=C/c2c(OC)cc(OC)cc2OC)C1=O. The molecule has 1 aromatic carbocycles. The zero-order valence-corrected chi connectivity index (χ0v) is 15.5. The molecular formula is C17H21NO6S. The van der Waals surface area contributed by atoms with Gasteiger partial charge in [0.1, 0.15) is 17.2 Å². The number of benzene rings is 1. The minimum absolute atomic E-state index is 0.293. The van der Waals surface area contributed by atoms with Crippen LogP contribution in [0.25, 0.3) is 6.08 Å². The molecule has 0 bridgehead atoms. The number of methoxy groups -OCH3 is 4. The first-order valence-electron chi connectivity index (χ1n) is 7.60. The fourth-order valence-corrected chi connectivity index (χ4v) is 3.21. The second-order valence-corrected chi connectivity index (χ2v) is 6.12. The van der Waals surface area contributed by atoms with Crippen LogP contribution in [0.3, 0.4) is 0 Å². The molecule has 8 heteroatoms. The second kappa shape index (κ2) is 8.77. The Morgan fingerprint density at radius 3 is 2.20 bits per heavy atom. The number of hydrogen-bond acceptors (Lipinski definition) is 7. The summed E-state index contributed by atoms with van der Waals surface area (Å²) in [5.41, 5.74) is 0.577. The van der Waals surface area contributed by atoms with Crippen molar-refractivity contribution in [3.05, 3.63) is 22.6 Å². The molecular weight excluding hydrogens is 346 g/mol. The predicted molar refractivity (Wildman–Crippen MR) is 95.3 cm³/mol. The molecule has 136 valence electrons. The van der Waals surface area contributed by atoms with E-state index in [9.17, 15) is 9.59 Å². The summed E-state index contributed by atoms with van der Waals surface area (Å²) in [4.78, 5) is 26.1. The summed E-state index contributed by atoms with van der Waals surface area (Å²) in [6.45, 7) is 0.813. The molecule has 25 heavy (non-hydrogen) atoms. The minimum atomic E-state index is -0.328. The lowest BCUT2D eigenvalue weighted by molar-refractivity contribution is -0.122. The number of imide groups is 1. The monoisotopic (exact) mass is 367 g/mol. The van der Waals surface area contributed by atoms with Crippen molar-refractivity contribution in [1.82, 2.24) is 4.90 Å². The average Bonchev–Trinajstić information content (AvgIpc) is 2.89. The van der Waals surface area contributed by atoms with Crippen molar-refractivity contribution < 1.29 is 28.5 Å². The number of rotatable bonds is 8. The van der Waals surface area contributed by atoms with Gasteiger partial charge in [-0.2, -0.15) is 0 Å². The molecule has 2 amide bonds. The van der Waals surface area contributed by atoms with Gasteiger partial charge in [0.15, 0.2) is 0 Å². The topological polar surface area (TPSA) is 74.3 Å². The molecule has 0 saturated carbocycles. The van der Waals surface area contributed by atoms with Crippen LogP contribution in [0.2, 0.25) is 0 Å². The number of carbonyl (C=O) groups is 2. The van der Waals surface area contributed by atoms with E-state index in [0.29, 0.717) is 47.3 Å².